The summed E-state index contributed by atoms with van der Waals surface area (Å²) >= 11 is 0. The third kappa shape index (κ3) is 1.71. The molecule has 0 fully saturated rings. The van der Waals surface area contributed by atoms with Gasteiger partial charge in [0.2, 0.25) is 0 Å². The minimum Gasteiger partial charge on any atom is -0.491 e. The molecule has 7 heteroatoms. The molecule has 0 aliphatic carbocycles. The zero-order valence-corrected chi connectivity index (χ0v) is 10.5. The Kier molecular flexibility index (Phi) is 2.67. The smallest absolute Gasteiger partial charge is 0.269 e. The quantitative estimate of drug-likeness (QED) is 0.809. The monoisotopic (exact) mass is 272 g/mol. The van der Waals surface area contributed by atoms with E-state index in [0.717, 1.165) is 0 Å². The van der Waals surface area contributed by atoms with E-state index < -0.39 is 11.8 Å². The second kappa shape index (κ2) is 4.37. The Labute approximate surface area is 114 Å². The Balaban J connectivity index is 2.32. The van der Waals surface area contributed by atoms with Gasteiger partial charge in [0.25, 0.3) is 11.8 Å². The number of aromatic nitrogens is 2. The van der Waals surface area contributed by atoms with Crippen LogP contribution in [0.3, 0.4) is 0 Å². The summed E-state index contributed by atoms with van der Waals surface area (Å²) in [6, 6.07) is 7.25. The lowest BCUT2D eigenvalue weighted by atomic mass is 10.2. The number of carbonyl (C=O) groups is 2. The Morgan fingerprint density at radius 2 is 1.95 bits per heavy atom. The Bertz CT molecular complexity index is 720. The van der Waals surface area contributed by atoms with Crippen molar-refractivity contribution < 1.29 is 14.3 Å². The van der Waals surface area contributed by atoms with Crippen LogP contribution in [0.25, 0.3) is 11.4 Å². The maximum absolute atomic E-state index is 11.6. The molecule has 102 valence electrons. The first-order chi connectivity index (χ1) is 9.59. The highest BCUT2D eigenvalue weighted by molar-refractivity contribution is 6.04. The molecule has 3 rings (SSSR count). The highest BCUT2D eigenvalue weighted by Gasteiger charge is 2.27. The summed E-state index contributed by atoms with van der Waals surface area (Å²) in [6.45, 7) is 0.710. The van der Waals surface area contributed by atoms with E-state index in [-0.39, 0.29) is 11.4 Å². The van der Waals surface area contributed by atoms with Crippen LogP contribution in [0.1, 0.15) is 21.0 Å². The minimum absolute atomic E-state index is 0.0211. The molecule has 2 aromatic rings. The van der Waals surface area contributed by atoms with Gasteiger partial charge in [-0.15, -0.1) is 0 Å². The molecule has 2 amide bonds. The molecule has 20 heavy (non-hydrogen) atoms. The Morgan fingerprint density at radius 3 is 2.65 bits per heavy atom. The van der Waals surface area contributed by atoms with Gasteiger partial charge in [0.15, 0.2) is 5.69 Å². The van der Waals surface area contributed by atoms with Gasteiger partial charge in [0.1, 0.15) is 23.9 Å². The lowest BCUT2D eigenvalue weighted by Gasteiger charge is -2.05. The van der Waals surface area contributed by atoms with Crippen molar-refractivity contribution in [3.05, 3.63) is 35.7 Å². The van der Waals surface area contributed by atoms with Gasteiger partial charge in [-0.1, -0.05) is 12.1 Å². The van der Waals surface area contributed by atoms with E-state index in [4.69, 9.17) is 16.2 Å². The summed E-state index contributed by atoms with van der Waals surface area (Å²) in [4.78, 5) is 27.2. The van der Waals surface area contributed by atoms with Gasteiger partial charge >= 0.3 is 0 Å². The van der Waals surface area contributed by atoms with E-state index in [2.05, 4.69) is 4.98 Å². The van der Waals surface area contributed by atoms with E-state index in [1.807, 2.05) is 12.1 Å². The molecular formula is C13H12N4O3. The second-order valence-electron chi connectivity index (χ2n) is 4.36. The largest absolute Gasteiger partial charge is 0.491 e. The fourth-order valence-electron chi connectivity index (χ4n) is 2.32. The molecule has 0 bridgehead atoms. The summed E-state index contributed by atoms with van der Waals surface area (Å²) in [7, 11) is 0. The van der Waals surface area contributed by atoms with Crippen molar-refractivity contribution in [3.63, 3.8) is 0 Å². The van der Waals surface area contributed by atoms with Crippen LogP contribution >= 0.6 is 0 Å². The first-order valence-electron chi connectivity index (χ1n) is 6.02. The normalized spacial score (nSPS) is 12.8. The lowest BCUT2D eigenvalue weighted by molar-refractivity contribution is 0.0958. The van der Waals surface area contributed by atoms with Crippen LogP contribution in [0.15, 0.2) is 24.3 Å². The van der Waals surface area contributed by atoms with Gasteiger partial charge in [-0.2, -0.15) is 0 Å². The fourth-order valence-corrected chi connectivity index (χ4v) is 2.32. The van der Waals surface area contributed by atoms with Crippen LogP contribution in [0, 0.1) is 0 Å². The van der Waals surface area contributed by atoms with Crippen LogP contribution in [-0.2, 0) is 6.54 Å². The molecule has 0 saturated carbocycles. The van der Waals surface area contributed by atoms with Crippen LogP contribution < -0.4 is 16.2 Å². The molecule has 1 aromatic heterocycles. The van der Waals surface area contributed by atoms with E-state index in [1.165, 1.54) is 0 Å². The number of carbonyl (C=O) groups excluding carboxylic acids is 2. The molecule has 0 atom stereocenters. The first-order valence-corrected chi connectivity index (χ1v) is 6.02. The van der Waals surface area contributed by atoms with Crippen molar-refractivity contribution in [1.82, 2.24) is 9.55 Å². The molecule has 7 nitrogen and oxygen atoms in total. The third-order valence-corrected chi connectivity index (χ3v) is 3.13. The molecule has 1 aliphatic rings. The minimum atomic E-state index is -0.780. The fraction of sp³-hybridized carbons (Fsp3) is 0.154. The number of hydrogen-bond acceptors (Lipinski definition) is 4. The molecule has 1 aliphatic heterocycles. The standard InChI is InChI=1S/C13H12N4O3/c14-11(18)9-10(12(15)19)17-5-6-20-8-4-2-1-3-7(8)13(17)16-9/h1-4H,5-6H2,(H2,14,18)(H2,15,19). The average Bonchev–Trinajstić information content (AvgIpc) is 2.70. The highest BCUT2D eigenvalue weighted by Crippen LogP contribution is 2.32. The van der Waals surface area contributed by atoms with Crippen molar-refractivity contribution >= 4 is 11.8 Å². The summed E-state index contributed by atoms with van der Waals surface area (Å²) in [6.07, 6.45) is 0. The molecule has 1 aromatic carbocycles. The predicted octanol–water partition coefficient (Wildman–Crippen LogP) is 0.140. The highest BCUT2D eigenvalue weighted by atomic mass is 16.5. The van der Waals surface area contributed by atoms with Crippen LogP contribution in [0.4, 0.5) is 0 Å². The molecule has 0 spiro atoms. The van der Waals surface area contributed by atoms with Crippen molar-refractivity contribution in [1.29, 1.82) is 0 Å². The van der Waals surface area contributed by atoms with Gasteiger partial charge in [-0.25, -0.2) is 4.98 Å². The van der Waals surface area contributed by atoms with E-state index in [1.54, 1.807) is 16.7 Å². The zero-order valence-electron chi connectivity index (χ0n) is 10.5. The topological polar surface area (TPSA) is 113 Å². The Morgan fingerprint density at radius 1 is 1.20 bits per heavy atom. The number of amides is 2. The van der Waals surface area contributed by atoms with Crippen LogP contribution in [0.2, 0.25) is 0 Å². The Hall–Kier alpha value is -2.83. The van der Waals surface area contributed by atoms with Gasteiger partial charge in [-0.05, 0) is 12.1 Å². The van der Waals surface area contributed by atoms with Gasteiger partial charge < -0.3 is 20.8 Å². The van der Waals surface area contributed by atoms with Crippen LogP contribution in [-0.4, -0.2) is 28.0 Å². The number of benzene rings is 1. The van der Waals surface area contributed by atoms with E-state index in [9.17, 15) is 9.59 Å². The van der Waals surface area contributed by atoms with Crippen molar-refractivity contribution in [2.75, 3.05) is 6.61 Å². The summed E-state index contributed by atoms with van der Waals surface area (Å²) in [5.74, 6) is -0.418. The first kappa shape index (κ1) is 12.2. The number of nitrogens with two attached hydrogens (primary N) is 2. The van der Waals surface area contributed by atoms with Crippen molar-refractivity contribution in [2.45, 2.75) is 6.54 Å². The number of hydrogen-bond donors (Lipinski definition) is 2. The van der Waals surface area contributed by atoms with Crippen molar-refractivity contribution in [2.24, 2.45) is 11.5 Å². The summed E-state index contributed by atoms with van der Waals surface area (Å²) < 4.78 is 7.17. The maximum Gasteiger partial charge on any atom is 0.269 e. The number of fused-ring (bicyclic) bond motifs is 3. The molecule has 2 heterocycles. The SMILES string of the molecule is NC(=O)c1nc2n(c1C(N)=O)CCOc1ccccc1-2. The third-order valence-electron chi connectivity index (χ3n) is 3.13. The summed E-state index contributed by atoms with van der Waals surface area (Å²) in [5, 5.41) is 0. The number of rotatable bonds is 2. The van der Waals surface area contributed by atoms with E-state index >= 15 is 0 Å². The van der Waals surface area contributed by atoms with Gasteiger partial charge in [0, 0.05) is 0 Å². The molecule has 0 unspecified atom stereocenters. The zero-order chi connectivity index (χ0) is 14.3. The number of ether oxygens (including phenoxy) is 1. The molecule has 0 radical (unpaired) electrons. The molecule has 4 N–H and O–H groups in total. The van der Waals surface area contributed by atoms with Gasteiger partial charge in [0.05, 0.1) is 12.1 Å². The van der Waals surface area contributed by atoms with E-state index in [0.29, 0.717) is 30.3 Å². The van der Waals surface area contributed by atoms with Crippen molar-refractivity contribution in [3.8, 4) is 17.1 Å². The molecule has 0 saturated heterocycles. The predicted molar refractivity (Wildman–Crippen MR) is 70.2 cm³/mol. The maximum atomic E-state index is 11.6. The average molecular weight is 272 g/mol. The molecular weight excluding hydrogens is 260 g/mol. The van der Waals surface area contributed by atoms with Gasteiger partial charge in [-0.3, -0.25) is 9.59 Å². The lowest BCUT2D eigenvalue weighted by Crippen LogP contribution is -2.24. The number of primary amides is 2. The van der Waals surface area contributed by atoms with Crippen LogP contribution in [0.5, 0.6) is 5.75 Å². The summed E-state index contributed by atoms with van der Waals surface area (Å²) in [5.41, 5.74) is 11.2. The number of imidazole rings is 1. The second-order valence-corrected chi connectivity index (χ2v) is 4.36. The number of para-hydroxylation sites is 1. The number of nitrogens with zero attached hydrogens (tertiary/aromatic N) is 2.